The Morgan fingerprint density at radius 3 is 2.41 bits per heavy atom. The molecule has 202 valence electrons. The van der Waals surface area contributed by atoms with Crippen LogP contribution in [0.2, 0.25) is 18.1 Å². The zero-order valence-corrected chi connectivity index (χ0v) is 24.6. The number of imidazole rings is 1. The minimum Gasteiger partial charge on any atom is -0.432 e. The zero-order chi connectivity index (χ0) is 27.4. The Hall–Kier alpha value is -2.43. The maximum atomic E-state index is 12.2. The average Bonchev–Trinajstić information content (AvgIpc) is 3.15. The Morgan fingerprint density at radius 2 is 1.86 bits per heavy atom. The fraction of sp³-hybridized carbons (Fsp3) is 0.593. The number of benzene rings is 1. The standard InChI is InChI=1S/C27H44BN5O3Si/c1-19(15-27(2,3)37(5,6)36)25-31-23(17-32(25)4)21-10-8-20(9-11-21)14-22(30-26(28)35)16-29-24(34)18-33-12-7-13-33/h8-11,17,19,22,36H,7,12-16,18,28H2,1-6H3,(H,29,34)(H,30,35). The number of nitrogens with zero attached hydrogens (tertiary/aromatic N) is 3. The molecule has 1 fully saturated rings. The van der Waals surface area contributed by atoms with Gasteiger partial charge in [-0.1, -0.05) is 45.0 Å². The quantitative estimate of drug-likeness (QED) is 0.370. The fourth-order valence-corrected chi connectivity index (χ4v) is 5.58. The third-order valence-corrected chi connectivity index (χ3v) is 11.3. The van der Waals surface area contributed by atoms with Crippen LogP contribution in [0, 0.1) is 0 Å². The molecule has 0 saturated carbocycles. The number of hydrogen-bond acceptors (Lipinski definition) is 5. The van der Waals surface area contributed by atoms with E-state index in [-0.39, 0.29) is 28.7 Å². The number of aromatic nitrogens is 2. The lowest BCUT2D eigenvalue weighted by Gasteiger charge is -2.36. The summed E-state index contributed by atoms with van der Waals surface area (Å²) in [6.45, 7) is 13.3. The molecule has 2 aromatic rings. The average molecular weight is 526 g/mol. The van der Waals surface area contributed by atoms with Crippen molar-refractivity contribution in [1.29, 1.82) is 0 Å². The van der Waals surface area contributed by atoms with E-state index in [2.05, 4.69) is 71.3 Å². The van der Waals surface area contributed by atoms with Crippen molar-refractivity contribution in [3.05, 3.63) is 41.9 Å². The van der Waals surface area contributed by atoms with Crippen LogP contribution in [0.5, 0.6) is 0 Å². The number of carbonyl (C=O) groups is 2. The number of rotatable bonds is 12. The van der Waals surface area contributed by atoms with Gasteiger partial charge in [-0.05, 0) is 56.0 Å². The summed E-state index contributed by atoms with van der Waals surface area (Å²) in [4.78, 5) is 41.7. The second kappa shape index (κ2) is 12.0. The second-order valence-electron chi connectivity index (χ2n) is 11.9. The summed E-state index contributed by atoms with van der Waals surface area (Å²) >= 11 is 0. The van der Waals surface area contributed by atoms with Crippen LogP contribution in [-0.4, -0.2) is 79.3 Å². The van der Waals surface area contributed by atoms with E-state index in [4.69, 9.17) is 4.98 Å². The third kappa shape index (κ3) is 8.03. The highest BCUT2D eigenvalue weighted by atomic mass is 28.4. The summed E-state index contributed by atoms with van der Waals surface area (Å²) in [5, 5.41) is 5.82. The Balaban J connectivity index is 1.64. The van der Waals surface area contributed by atoms with Crippen molar-refractivity contribution in [2.75, 3.05) is 26.2 Å². The summed E-state index contributed by atoms with van der Waals surface area (Å²) in [6.07, 6.45) is 4.72. The number of nitrogens with one attached hydrogen (secondary N) is 2. The van der Waals surface area contributed by atoms with Crippen molar-refractivity contribution in [3.63, 3.8) is 0 Å². The Kier molecular flexibility index (Phi) is 9.42. The monoisotopic (exact) mass is 525 g/mol. The molecule has 0 spiro atoms. The van der Waals surface area contributed by atoms with Gasteiger partial charge in [-0.15, -0.1) is 0 Å². The molecule has 1 saturated heterocycles. The van der Waals surface area contributed by atoms with Gasteiger partial charge in [0.05, 0.1) is 12.2 Å². The van der Waals surface area contributed by atoms with E-state index in [1.807, 2.05) is 20.1 Å². The lowest BCUT2D eigenvalue weighted by atomic mass is 9.97. The van der Waals surface area contributed by atoms with Crippen LogP contribution in [0.1, 0.15) is 50.9 Å². The van der Waals surface area contributed by atoms with Gasteiger partial charge in [0.25, 0.3) is 0 Å². The summed E-state index contributed by atoms with van der Waals surface area (Å²) in [7, 11) is 1.24. The minimum atomic E-state index is -2.29. The maximum absolute atomic E-state index is 12.2. The summed E-state index contributed by atoms with van der Waals surface area (Å²) < 4.78 is 2.09. The first-order valence-electron chi connectivity index (χ1n) is 13.4. The van der Waals surface area contributed by atoms with E-state index < -0.39 is 8.32 Å². The molecule has 2 amide bonds. The van der Waals surface area contributed by atoms with Crippen molar-refractivity contribution in [3.8, 4) is 11.3 Å². The molecule has 10 heteroatoms. The number of likely N-dealkylation sites (tertiary alicyclic amines) is 1. The lowest BCUT2D eigenvalue weighted by Crippen LogP contribution is -2.49. The maximum Gasteiger partial charge on any atom is 0.234 e. The second-order valence-corrected chi connectivity index (χ2v) is 16.3. The molecule has 8 nitrogen and oxygen atoms in total. The van der Waals surface area contributed by atoms with Crippen LogP contribution in [0.15, 0.2) is 30.5 Å². The van der Waals surface area contributed by atoms with E-state index >= 15 is 0 Å². The van der Waals surface area contributed by atoms with Gasteiger partial charge in [0.2, 0.25) is 13.8 Å². The van der Waals surface area contributed by atoms with Crippen LogP contribution >= 0.6 is 0 Å². The zero-order valence-electron chi connectivity index (χ0n) is 23.6. The van der Waals surface area contributed by atoms with E-state index in [1.54, 1.807) is 0 Å². The van der Waals surface area contributed by atoms with Crippen molar-refractivity contribution >= 4 is 27.9 Å². The van der Waals surface area contributed by atoms with Gasteiger partial charge in [-0.2, -0.15) is 0 Å². The first-order chi connectivity index (χ1) is 17.2. The fourth-order valence-electron chi connectivity index (χ4n) is 4.78. The smallest absolute Gasteiger partial charge is 0.234 e. The van der Waals surface area contributed by atoms with Gasteiger partial charge in [0.1, 0.15) is 5.82 Å². The molecule has 0 aliphatic carbocycles. The molecule has 1 aliphatic heterocycles. The molecule has 1 aromatic carbocycles. The van der Waals surface area contributed by atoms with Crippen LogP contribution in [0.3, 0.4) is 0 Å². The molecule has 3 rings (SSSR count). The number of aryl methyl sites for hydroxylation is 1. The predicted octanol–water partition coefficient (Wildman–Crippen LogP) is 2.63. The third-order valence-electron chi connectivity index (χ3n) is 7.83. The SMILES string of the molecule is BC(=O)NC(CNC(=O)CN1CCC1)Cc1ccc(-c2cn(C)c(C(C)CC(C)(C)[Si](C)(C)O)n2)cc1. The van der Waals surface area contributed by atoms with Crippen LogP contribution in [0.4, 0.5) is 4.79 Å². The van der Waals surface area contributed by atoms with Gasteiger partial charge >= 0.3 is 0 Å². The largest absolute Gasteiger partial charge is 0.432 e. The first kappa shape index (κ1) is 29.1. The summed E-state index contributed by atoms with van der Waals surface area (Å²) in [5.74, 6) is 1.13. The van der Waals surface area contributed by atoms with Crippen molar-refractivity contribution in [2.45, 2.75) is 70.1 Å². The lowest BCUT2D eigenvalue weighted by molar-refractivity contribution is -0.123. The molecule has 37 heavy (non-hydrogen) atoms. The predicted molar refractivity (Wildman–Crippen MR) is 154 cm³/mol. The van der Waals surface area contributed by atoms with E-state index in [0.717, 1.165) is 48.6 Å². The van der Waals surface area contributed by atoms with Crippen molar-refractivity contribution in [2.24, 2.45) is 7.05 Å². The highest BCUT2D eigenvalue weighted by Gasteiger charge is 2.39. The van der Waals surface area contributed by atoms with E-state index in [9.17, 15) is 14.4 Å². The number of hydrogen-bond donors (Lipinski definition) is 3. The molecule has 2 unspecified atom stereocenters. The van der Waals surface area contributed by atoms with Gasteiger partial charge < -0.3 is 20.0 Å². The van der Waals surface area contributed by atoms with Crippen LogP contribution < -0.4 is 10.6 Å². The van der Waals surface area contributed by atoms with Gasteiger partial charge in [-0.25, -0.2) is 4.98 Å². The molecule has 1 aromatic heterocycles. The molecule has 1 aliphatic rings. The summed E-state index contributed by atoms with van der Waals surface area (Å²) in [6, 6.07) is 8.08. The van der Waals surface area contributed by atoms with Gasteiger partial charge in [0.15, 0.2) is 14.1 Å². The van der Waals surface area contributed by atoms with Crippen molar-refractivity contribution < 1.29 is 14.4 Å². The number of carbonyl (C=O) groups excluding carboxylic acids is 2. The first-order valence-corrected chi connectivity index (χ1v) is 16.3. The Morgan fingerprint density at radius 1 is 1.22 bits per heavy atom. The highest BCUT2D eigenvalue weighted by molar-refractivity contribution is 6.72. The molecule has 3 N–H and O–H groups in total. The molecule has 0 bridgehead atoms. The van der Waals surface area contributed by atoms with Gasteiger partial charge in [-0.3, -0.25) is 14.5 Å². The van der Waals surface area contributed by atoms with Crippen LogP contribution in [0.25, 0.3) is 11.3 Å². The normalized spacial score (nSPS) is 16.1. The molecule has 2 heterocycles. The molecule has 0 radical (unpaired) electrons. The number of amides is 2. The summed E-state index contributed by atoms with van der Waals surface area (Å²) in [5.41, 5.74) is 3.04. The molecule has 2 atom stereocenters. The van der Waals surface area contributed by atoms with Crippen molar-refractivity contribution in [1.82, 2.24) is 25.1 Å². The topological polar surface area (TPSA) is 99.5 Å². The Bertz CT molecular complexity index is 1080. The molecular formula is C27H44BN5O3Si. The molecular weight excluding hydrogens is 481 g/mol. The van der Waals surface area contributed by atoms with E-state index in [0.29, 0.717) is 19.5 Å². The Labute approximate surface area is 223 Å². The highest BCUT2D eigenvalue weighted by Crippen LogP contribution is 2.43. The van der Waals surface area contributed by atoms with E-state index in [1.165, 1.54) is 7.85 Å². The minimum absolute atomic E-state index is 0.00105. The van der Waals surface area contributed by atoms with Crippen LogP contribution in [-0.2, 0) is 18.3 Å². The van der Waals surface area contributed by atoms with Gasteiger partial charge in [0, 0.05) is 37.3 Å².